The molecule has 0 aliphatic carbocycles. The molecule has 130 heavy (non-hydrogen) atoms. The predicted octanol–water partition coefficient (Wildman–Crippen LogP) is 33.7. The largest absolute Gasteiger partial charge is 0.310 e. The predicted molar refractivity (Wildman–Crippen MR) is 548 cm³/mol. The van der Waals surface area contributed by atoms with Crippen molar-refractivity contribution in [3.8, 4) is 112 Å². The number of fused-ring (bicyclic) bond motifs is 10. The normalized spacial score (nSPS) is 11.4. The molecule has 0 aliphatic heterocycles. The number of benzene rings is 20. The highest BCUT2D eigenvalue weighted by Crippen LogP contribution is 2.49. The Morgan fingerprint density at radius 1 is 0.123 bits per heavy atom. The summed E-state index contributed by atoms with van der Waals surface area (Å²) in [4.78, 5) is 4.71. The molecule has 6 heteroatoms. The Hall–Kier alpha value is -17.3. The van der Waals surface area contributed by atoms with Crippen molar-refractivity contribution >= 4 is 99.8 Å². The summed E-state index contributed by atoms with van der Waals surface area (Å²) in [5, 5.41) is 4.73. The van der Waals surface area contributed by atoms with E-state index in [0.29, 0.717) is 0 Å². The molecule has 0 saturated heterocycles. The highest BCUT2D eigenvalue weighted by Gasteiger charge is 2.28. The SMILES string of the molecule is c1ccc(-c2cccc(-c3ccc(-n4c5ccc(N(c6ccccc6)c6ccccc6)cc5c5c4c4ccccc4n5-c4ccc(-c5cccc(-c6ccccc6)c5)cc4)cc3)c2)cc1.c1ccc(-c2ccccc2-c2ccc(-n3c4ccc(N(c5ccccc5)c5ccccc5)cc4c4c3c3ccccc3n4-c3ccc(-c4ccccc4-c4ccccc4)cc3)cc2)cc1. The molecule has 4 aromatic heterocycles. The third-order valence-corrected chi connectivity index (χ3v) is 25.4. The van der Waals surface area contributed by atoms with Crippen LogP contribution in [0.5, 0.6) is 0 Å². The van der Waals surface area contributed by atoms with Crippen molar-refractivity contribution in [1.29, 1.82) is 0 Å². The lowest BCUT2D eigenvalue weighted by Crippen LogP contribution is -2.09. The molecule has 6 nitrogen and oxygen atoms in total. The van der Waals surface area contributed by atoms with Gasteiger partial charge in [-0.3, -0.25) is 0 Å². The van der Waals surface area contributed by atoms with Crippen LogP contribution >= 0.6 is 0 Å². The summed E-state index contributed by atoms with van der Waals surface area (Å²) in [7, 11) is 0. The molecule has 0 spiro atoms. The van der Waals surface area contributed by atoms with E-state index in [9.17, 15) is 0 Å². The van der Waals surface area contributed by atoms with Crippen molar-refractivity contribution < 1.29 is 0 Å². The van der Waals surface area contributed by atoms with Crippen molar-refractivity contribution in [2.45, 2.75) is 0 Å². The lowest BCUT2D eigenvalue weighted by atomic mass is 9.94. The van der Waals surface area contributed by atoms with Gasteiger partial charge in [0.1, 0.15) is 0 Å². The molecule has 0 amide bonds. The Morgan fingerprint density at radius 3 is 0.623 bits per heavy atom. The molecule has 24 rings (SSSR count). The molecule has 0 fully saturated rings. The first-order chi connectivity index (χ1) is 64.5. The van der Waals surface area contributed by atoms with Gasteiger partial charge in [-0.1, -0.05) is 364 Å². The average Bonchev–Trinajstić information content (AvgIpc) is 1.54. The number of nitrogens with zero attached hydrogens (tertiary/aromatic N) is 6. The molecule has 0 aliphatic rings. The number of rotatable bonds is 18. The van der Waals surface area contributed by atoms with Crippen LogP contribution in [0.1, 0.15) is 0 Å². The van der Waals surface area contributed by atoms with Crippen molar-refractivity contribution in [2.24, 2.45) is 0 Å². The summed E-state index contributed by atoms with van der Waals surface area (Å²) in [5.74, 6) is 0. The van der Waals surface area contributed by atoms with Gasteiger partial charge in [-0.05, 0) is 247 Å². The molecule has 0 atom stereocenters. The fraction of sp³-hybridized carbons (Fsp3) is 0. The van der Waals surface area contributed by atoms with Crippen LogP contribution in [0.25, 0.3) is 177 Å². The van der Waals surface area contributed by atoms with Gasteiger partial charge in [-0.2, -0.15) is 0 Å². The van der Waals surface area contributed by atoms with Crippen LogP contribution < -0.4 is 9.80 Å². The van der Waals surface area contributed by atoms with Crippen LogP contribution in [0.3, 0.4) is 0 Å². The van der Waals surface area contributed by atoms with Gasteiger partial charge in [0.2, 0.25) is 0 Å². The van der Waals surface area contributed by atoms with E-state index in [4.69, 9.17) is 0 Å². The topological polar surface area (TPSA) is 26.2 Å². The zero-order valence-corrected chi connectivity index (χ0v) is 71.3. The maximum atomic E-state index is 2.47. The molecule has 0 bridgehead atoms. The molecular weight excluding hydrogens is 1570 g/mol. The summed E-state index contributed by atoms with van der Waals surface area (Å²) in [5.41, 5.74) is 39.6. The van der Waals surface area contributed by atoms with Gasteiger partial charge in [0.05, 0.1) is 44.1 Å². The molecule has 0 unspecified atom stereocenters. The molecule has 0 saturated carbocycles. The van der Waals surface area contributed by atoms with E-state index in [0.717, 1.165) is 78.9 Å². The summed E-state index contributed by atoms with van der Waals surface area (Å²) in [6, 6.07) is 188. The first kappa shape index (κ1) is 77.5. The monoisotopic (exact) mass is 1660 g/mol. The molecule has 24 aromatic rings. The summed E-state index contributed by atoms with van der Waals surface area (Å²) in [6.07, 6.45) is 0. The quantitative estimate of drug-likeness (QED) is 0.0856. The summed E-state index contributed by atoms with van der Waals surface area (Å²) >= 11 is 0. The smallest absolute Gasteiger partial charge is 0.0804 e. The number of hydrogen-bond donors (Lipinski definition) is 0. The molecule has 0 radical (unpaired) electrons. The minimum Gasteiger partial charge on any atom is -0.310 e. The van der Waals surface area contributed by atoms with E-state index in [1.165, 1.54) is 133 Å². The van der Waals surface area contributed by atoms with Gasteiger partial charge in [0.15, 0.2) is 0 Å². The highest BCUT2D eigenvalue weighted by molar-refractivity contribution is 6.22. The molecule has 0 N–H and O–H groups in total. The Bertz CT molecular complexity index is 7860. The number of para-hydroxylation sites is 6. The second kappa shape index (κ2) is 34.0. The second-order valence-electron chi connectivity index (χ2n) is 33.1. The molecule has 20 aromatic carbocycles. The van der Waals surface area contributed by atoms with Crippen LogP contribution in [0.15, 0.2) is 522 Å². The highest BCUT2D eigenvalue weighted by atomic mass is 15.2. The molecule has 612 valence electrons. The van der Waals surface area contributed by atoms with Crippen LogP contribution in [0, 0.1) is 0 Å². The Labute approximate surface area is 756 Å². The van der Waals surface area contributed by atoms with E-state index >= 15 is 0 Å². The lowest BCUT2D eigenvalue weighted by molar-refractivity contribution is 1.17. The first-order valence-corrected chi connectivity index (χ1v) is 44.5. The van der Waals surface area contributed by atoms with E-state index in [-0.39, 0.29) is 0 Å². The van der Waals surface area contributed by atoms with E-state index < -0.39 is 0 Å². The number of anilines is 6. The lowest BCUT2D eigenvalue weighted by Gasteiger charge is -2.25. The third-order valence-electron chi connectivity index (χ3n) is 25.4. The Balaban J connectivity index is 0.000000148. The third kappa shape index (κ3) is 14.3. The number of hydrogen-bond acceptors (Lipinski definition) is 2. The Kier molecular flexibility index (Phi) is 20.2. The van der Waals surface area contributed by atoms with Gasteiger partial charge < -0.3 is 28.1 Å². The molecular formula is C124H86N6. The van der Waals surface area contributed by atoms with Gasteiger partial charge in [-0.15, -0.1) is 0 Å². The van der Waals surface area contributed by atoms with Crippen LogP contribution in [0.4, 0.5) is 34.1 Å². The maximum absolute atomic E-state index is 2.47. The molecule has 4 heterocycles. The van der Waals surface area contributed by atoms with Crippen molar-refractivity contribution in [1.82, 2.24) is 18.3 Å². The minimum absolute atomic E-state index is 1.09. The van der Waals surface area contributed by atoms with Crippen LogP contribution in [-0.4, -0.2) is 18.3 Å². The average molecular weight is 1660 g/mol. The van der Waals surface area contributed by atoms with Gasteiger partial charge in [0.25, 0.3) is 0 Å². The van der Waals surface area contributed by atoms with Crippen molar-refractivity contribution in [3.63, 3.8) is 0 Å². The van der Waals surface area contributed by atoms with E-state index in [1.807, 2.05) is 0 Å². The first-order valence-electron chi connectivity index (χ1n) is 44.5. The van der Waals surface area contributed by atoms with Crippen LogP contribution in [-0.2, 0) is 0 Å². The van der Waals surface area contributed by atoms with Gasteiger partial charge >= 0.3 is 0 Å². The fourth-order valence-electron chi connectivity index (χ4n) is 19.4. The second-order valence-corrected chi connectivity index (χ2v) is 33.1. The van der Waals surface area contributed by atoms with Crippen molar-refractivity contribution in [3.05, 3.63) is 522 Å². The Morgan fingerprint density at radius 2 is 0.331 bits per heavy atom. The summed E-state index contributed by atoms with van der Waals surface area (Å²) < 4.78 is 9.88. The fourth-order valence-corrected chi connectivity index (χ4v) is 19.4. The van der Waals surface area contributed by atoms with E-state index in [1.54, 1.807) is 0 Å². The minimum atomic E-state index is 1.09. The van der Waals surface area contributed by atoms with Crippen LogP contribution in [0.2, 0.25) is 0 Å². The van der Waals surface area contributed by atoms with Gasteiger partial charge in [-0.25, -0.2) is 0 Å². The zero-order valence-electron chi connectivity index (χ0n) is 71.3. The maximum Gasteiger partial charge on any atom is 0.0804 e. The van der Waals surface area contributed by atoms with Crippen molar-refractivity contribution in [2.75, 3.05) is 9.80 Å². The summed E-state index contributed by atoms with van der Waals surface area (Å²) in [6.45, 7) is 0. The standard InChI is InChI=1S/2C62H43N3/c1-5-19-44(20-6-1)53-27-13-15-29-55(53)46-33-37-50(38-34-46)64-59-32-18-17-31-57(59)61-62(64)58-43-52(63(48-23-9-3-10-24-48)49-25-11-4-12-26-49)41-42-60(58)65(61)51-39-35-47(36-40-51)56-30-16-14-28-54(56)45-21-7-2-8-22-45;1-5-17-44(18-6-1)48-21-15-23-50(41-48)46-31-35-54(36-32-46)64-59-30-14-13-29-57(59)61-62(64)58-43-56(63(52-25-9-3-10-26-52)53-27-11-4-12-28-53)39-40-60(58)65(61)55-37-33-47(34-38-55)51-24-16-22-49(42-51)45-19-7-2-8-20-45/h2*1-43H. The number of aromatic nitrogens is 4. The van der Waals surface area contributed by atoms with Gasteiger partial charge in [0, 0.05) is 78.4 Å². The zero-order chi connectivity index (χ0) is 86.2. The van der Waals surface area contributed by atoms with E-state index in [2.05, 4.69) is 550 Å².